The lowest BCUT2D eigenvalue weighted by Gasteiger charge is -2.34. The molecule has 0 spiro atoms. The molecule has 1 rings (SSSR count). The maximum Gasteiger partial charge on any atom is 0.415 e. The molecule has 118 valence electrons. The van der Waals surface area contributed by atoms with Crippen LogP contribution in [0.4, 0.5) is 17.6 Å². The second kappa shape index (κ2) is 6.43. The summed E-state index contributed by atoms with van der Waals surface area (Å²) in [5.41, 5.74) is -2.88. The van der Waals surface area contributed by atoms with Crippen LogP contribution in [0.25, 0.3) is 0 Å². The predicted octanol–water partition coefficient (Wildman–Crippen LogP) is 3.14. The van der Waals surface area contributed by atoms with E-state index in [1.165, 1.54) is 6.92 Å². The molecule has 2 atom stereocenters. The van der Waals surface area contributed by atoms with Crippen molar-refractivity contribution in [3.05, 3.63) is 35.6 Å². The van der Waals surface area contributed by atoms with Gasteiger partial charge in [-0.05, 0) is 38.5 Å². The number of rotatable bonds is 5. The monoisotopic (exact) mass is 307 g/mol. The van der Waals surface area contributed by atoms with Crippen LogP contribution in [0.15, 0.2) is 24.3 Å². The number of alkyl halides is 3. The Balaban J connectivity index is 3.11. The number of hydrogen-bond donors (Lipinski definition) is 1. The minimum Gasteiger partial charge on any atom is -0.369 e. The largest absolute Gasteiger partial charge is 0.415 e. The molecule has 0 aliphatic rings. The standard InChI is InChI=1S/C14H17F4NO2/c1-4-21-9(2)12(20)19-13(3,14(16,17)18)10-5-7-11(15)8-6-10/h5-9H,4H2,1-3H3,(H,19,20)/t9-,13-/m0/s1. The molecule has 0 radical (unpaired) electrons. The molecule has 0 aliphatic heterocycles. The first-order chi connectivity index (χ1) is 9.61. The number of ether oxygens (including phenoxy) is 1. The van der Waals surface area contributed by atoms with Gasteiger partial charge in [-0.15, -0.1) is 0 Å². The number of halogens is 4. The molecule has 3 nitrogen and oxygen atoms in total. The number of carbonyl (C=O) groups is 1. The maximum atomic E-state index is 13.4. The molecule has 1 N–H and O–H groups in total. The normalized spacial score (nSPS) is 16.1. The minimum atomic E-state index is -4.74. The fourth-order valence-corrected chi connectivity index (χ4v) is 1.76. The van der Waals surface area contributed by atoms with Gasteiger partial charge in [-0.1, -0.05) is 12.1 Å². The fraction of sp³-hybridized carbons (Fsp3) is 0.500. The molecule has 0 aliphatic carbocycles. The van der Waals surface area contributed by atoms with Gasteiger partial charge in [-0.2, -0.15) is 13.2 Å². The quantitative estimate of drug-likeness (QED) is 0.849. The Bertz CT molecular complexity index is 487. The van der Waals surface area contributed by atoms with Gasteiger partial charge in [0.2, 0.25) is 5.91 Å². The third kappa shape index (κ3) is 3.93. The smallest absolute Gasteiger partial charge is 0.369 e. The number of amides is 1. The maximum absolute atomic E-state index is 13.4. The Labute approximate surface area is 120 Å². The predicted molar refractivity (Wildman–Crippen MR) is 69.0 cm³/mol. The first kappa shape index (κ1) is 17.4. The lowest BCUT2D eigenvalue weighted by molar-refractivity contribution is -0.199. The first-order valence-electron chi connectivity index (χ1n) is 6.38. The third-order valence-corrected chi connectivity index (χ3v) is 3.15. The Kier molecular flexibility index (Phi) is 5.33. The molecule has 0 saturated heterocycles. The Morgan fingerprint density at radius 3 is 2.24 bits per heavy atom. The van der Waals surface area contributed by atoms with Crippen molar-refractivity contribution < 1.29 is 27.1 Å². The van der Waals surface area contributed by atoms with Crippen molar-refractivity contribution in [2.75, 3.05) is 6.61 Å². The molecule has 1 aromatic carbocycles. The van der Waals surface area contributed by atoms with Gasteiger partial charge in [0, 0.05) is 6.61 Å². The Hall–Kier alpha value is -1.63. The van der Waals surface area contributed by atoms with E-state index in [1.807, 2.05) is 5.32 Å². The zero-order chi connectivity index (χ0) is 16.3. The third-order valence-electron chi connectivity index (χ3n) is 3.15. The number of hydrogen-bond acceptors (Lipinski definition) is 2. The SMILES string of the molecule is CCO[C@@H](C)C(=O)N[C@@](C)(c1ccc(F)cc1)C(F)(F)F. The highest BCUT2D eigenvalue weighted by Crippen LogP contribution is 2.38. The van der Waals surface area contributed by atoms with E-state index in [2.05, 4.69) is 0 Å². The van der Waals surface area contributed by atoms with Crippen molar-refractivity contribution in [3.8, 4) is 0 Å². The lowest BCUT2D eigenvalue weighted by atomic mass is 9.91. The van der Waals surface area contributed by atoms with Gasteiger partial charge in [-0.3, -0.25) is 4.79 Å². The molecule has 0 aromatic heterocycles. The Morgan fingerprint density at radius 2 is 1.81 bits per heavy atom. The summed E-state index contributed by atoms with van der Waals surface area (Å²) in [5, 5.41) is 1.94. The minimum absolute atomic E-state index is 0.202. The fourth-order valence-electron chi connectivity index (χ4n) is 1.76. The number of carbonyl (C=O) groups excluding carboxylic acids is 1. The molecule has 0 heterocycles. The molecule has 1 aromatic rings. The number of benzene rings is 1. The molecule has 21 heavy (non-hydrogen) atoms. The van der Waals surface area contributed by atoms with E-state index < -0.39 is 29.5 Å². The summed E-state index contributed by atoms with van der Waals surface area (Å²) in [7, 11) is 0. The highest BCUT2D eigenvalue weighted by Gasteiger charge is 2.53. The Morgan fingerprint density at radius 1 is 1.29 bits per heavy atom. The van der Waals surface area contributed by atoms with Crippen molar-refractivity contribution in [2.45, 2.75) is 38.6 Å². The van der Waals surface area contributed by atoms with E-state index in [0.29, 0.717) is 0 Å². The van der Waals surface area contributed by atoms with Crippen LogP contribution >= 0.6 is 0 Å². The summed E-state index contributed by atoms with van der Waals surface area (Å²) in [6, 6.07) is 3.82. The zero-order valence-electron chi connectivity index (χ0n) is 11.9. The second-order valence-corrected chi connectivity index (χ2v) is 4.72. The summed E-state index contributed by atoms with van der Waals surface area (Å²) in [5.74, 6) is -1.54. The summed E-state index contributed by atoms with van der Waals surface area (Å²) >= 11 is 0. The summed E-state index contributed by atoms with van der Waals surface area (Å²) in [6.45, 7) is 4.03. The summed E-state index contributed by atoms with van der Waals surface area (Å²) in [6.07, 6.45) is -5.76. The van der Waals surface area contributed by atoms with Crippen molar-refractivity contribution in [1.82, 2.24) is 5.32 Å². The van der Waals surface area contributed by atoms with E-state index in [4.69, 9.17) is 4.74 Å². The number of nitrogens with one attached hydrogen (secondary N) is 1. The van der Waals surface area contributed by atoms with Gasteiger partial charge in [0.05, 0.1) is 0 Å². The van der Waals surface area contributed by atoms with Crippen LogP contribution in [0.3, 0.4) is 0 Å². The summed E-state index contributed by atoms with van der Waals surface area (Å²) in [4.78, 5) is 11.8. The highest BCUT2D eigenvalue weighted by atomic mass is 19.4. The molecule has 1 amide bonds. The van der Waals surface area contributed by atoms with Crippen molar-refractivity contribution in [2.24, 2.45) is 0 Å². The van der Waals surface area contributed by atoms with E-state index in [9.17, 15) is 22.4 Å². The van der Waals surface area contributed by atoms with Crippen molar-refractivity contribution in [3.63, 3.8) is 0 Å². The van der Waals surface area contributed by atoms with Crippen molar-refractivity contribution in [1.29, 1.82) is 0 Å². The van der Waals surface area contributed by atoms with Crippen LogP contribution in [-0.2, 0) is 15.1 Å². The first-order valence-corrected chi connectivity index (χ1v) is 6.38. The van der Waals surface area contributed by atoms with Crippen LogP contribution in [0.2, 0.25) is 0 Å². The van der Waals surface area contributed by atoms with Crippen LogP contribution < -0.4 is 5.32 Å². The highest BCUT2D eigenvalue weighted by molar-refractivity contribution is 5.81. The topological polar surface area (TPSA) is 38.3 Å². The van der Waals surface area contributed by atoms with Gasteiger partial charge in [0.1, 0.15) is 11.9 Å². The van der Waals surface area contributed by atoms with E-state index >= 15 is 0 Å². The second-order valence-electron chi connectivity index (χ2n) is 4.72. The molecular weight excluding hydrogens is 290 g/mol. The van der Waals surface area contributed by atoms with Gasteiger partial charge in [0.25, 0.3) is 0 Å². The average Bonchev–Trinajstić information content (AvgIpc) is 2.38. The van der Waals surface area contributed by atoms with Crippen LogP contribution in [0.1, 0.15) is 26.3 Å². The van der Waals surface area contributed by atoms with Crippen molar-refractivity contribution >= 4 is 5.91 Å². The van der Waals surface area contributed by atoms with E-state index in [0.717, 1.165) is 31.2 Å². The van der Waals surface area contributed by atoms with Gasteiger partial charge in [0.15, 0.2) is 5.54 Å². The molecule has 0 unspecified atom stereocenters. The molecule has 0 bridgehead atoms. The zero-order valence-corrected chi connectivity index (χ0v) is 11.9. The molecule has 7 heteroatoms. The molecule has 0 fully saturated rings. The van der Waals surface area contributed by atoms with Gasteiger partial charge in [-0.25, -0.2) is 4.39 Å². The summed E-state index contributed by atoms with van der Waals surface area (Å²) < 4.78 is 57.9. The average molecular weight is 307 g/mol. The van der Waals surface area contributed by atoms with Crippen LogP contribution in [0, 0.1) is 5.82 Å². The van der Waals surface area contributed by atoms with E-state index in [-0.39, 0.29) is 12.2 Å². The van der Waals surface area contributed by atoms with E-state index in [1.54, 1.807) is 6.92 Å². The van der Waals surface area contributed by atoms with Gasteiger partial charge >= 0.3 is 6.18 Å². The van der Waals surface area contributed by atoms with Crippen LogP contribution in [0.5, 0.6) is 0 Å². The van der Waals surface area contributed by atoms with Crippen LogP contribution in [-0.4, -0.2) is 24.8 Å². The lowest BCUT2D eigenvalue weighted by Crippen LogP contribution is -2.56. The van der Waals surface area contributed by atoms with Gasteiger partial charge < -0.3 is 10.1 Å². The molecular formula is C14H17F4NO2. The molecule has 0 saturated carbocycles.